The zero-order valence-corrected chi connectivity index (χ0v) is 15.2. The molecule has 1 amide bonds. The predicted molar refractivity (Wildman–Crippen MR) is 91.9 cm³/mol. The number of carbonyl (C=O) groups excluding carboxylic acids is 1. The Kier molecular flexibility index (Phi) is 5.37. The average Bonchev–Trinajstić information content (AvgIpc) is 3.07. The highest BCUT2D eigenvalue weighted by Gasteiger charge is 2.62. The van der Waals surface area contributed by atoms with Crippen LogP contribution >= 0.6 is 0 Å². The Hall–Kier alpha value is -3.64. The van der Waals surface area contributed by atoms with E-state index < -0.39 is 36.3 Å². The fraction of sp³-hybridized carbons (Fsp3) is 0.235. The summed E-state index contributed by atoms with van der Waals surface area (Å²) in [5, 5.41) is 15.3. The van der Waals surface area contributed by atoms with Crippen LogP contribution in [0.15, 0.2) is 36.7 Å². The van der Waals surface area contributed by atoms with Crippen LogP contribution in [0.2, 0.25) is 0 Å². The van der Waals surface area contributed by atoms with Crippen LogP contribution in [0.1, 0.15) is 27.6 Å². The highest BCUT2D eigenvalue weighted by Crippen LogP contribution is 2.42. The number of hydrogen-bond acceptors (Lipinski definition) is 6. The summed E-state index contributed by atoms with van der Waals surface area (Å²) in [6.45, 7) is 1.07. The first kappa shape index (κ1) is 21.1. The van der Waals surface area contributed by atoms with Crippen molar-refractivity contribution in [1.82, 2.24) is 24.7 Å². The Bertz CT molecular complexity index is 1070. The maximum Gasteiger partial charge on any atom is 0.461 e. The summed E-state index contributed by atoms with van der Waals surface area (Å²) in [6.07, 6.45) is -3.29. The molecule has 0 saturated carbocycles. The monoisotopic (exact) mass is 428 g/mol. The first-order chi connectivity index (χ1) is 14.0. The lowest BCUT2D eigenvalue weighted by Crippen LogP contribution is -2.35. The maximum atomic E-state index is 13.7. The average molecular weight is 428 g/mol. The number of nitrogens with zero attached hydrogens (tertiary/aromatic N) is 5. The van der Waals surface area contributed by atoms with Gasteiger partial charge in [0.15, 0.2) is 0 Å². The van der Waals surface area contributed by atoms with Gasteiger partial charge in [0.2, 0.25) is 11.8 Å². The molecule has 30 heavy (non-hydrogen) atoms. The van der Waals surface area contributed by atoms with Crippen LogP contribution in [-0.2, 0) is 12.5 Å². The van der Waals surface area contributed by atoms with Crippen LogP contribution in [0, 0.1) is 6.92 Å². The minimum Gasteiger partial charge on any atom is -0.507 e. The Morgan fingerprint density at radius 2 is 1.80 bits per heavy atom. The second kappa shape index (κ2) is 7.65. The van der Waals surface area contributed by atoms with Gasteiger partial charge in [-0.2, -0.15) is 26.9 Å². The van der Waals surface area contributed by atoms with Gasteiger partial charge in [-0.05, 0) is 24.6 Å². The van der Waals surface area contributed by atoms with Gasteiger partial charge in [0.05, 0.1) is 5.56 Å². The number of alkyl halides is 5. The van der Waals surface area contributed by atoms with E-state index in [1.165, 1.54) is 43.6 Å². The topological polar surface area (TPSA) is 106 Å². The first-order valence-corrected chi connectivity index (χ1v) is 8.26. The number of phenols is 1. The molecule has 1 aromatic carbocycles. The van der Waals surface area contributed by atoms with E-state index >= 15 is 0 Å². The van der Waals surface area contributed by atoms with Crippen LogP contribution in [0.3, 0.4) is 0 Å². The smallest absolute Gasteiger partial charge is 0.461 e. The van der Waals surface area contributed by atoms with Crippen molar-refractivity contribution in [1.29, 1.82) is 0 Å². The zero-order valence-electron chi connectivity index (χ0n) is 15.2. The Balaban J connectivity index is 2.01. The van der Waals surface area contributed by atoms with E-state index in [9.17, 15) is 31.9 Å². The van der Waals surface area contributed by atoms with Gasteiger partial charge in [0.1, 0.15) is 18.1 Å². The second-order valence-corrected chi connectivity index (χ2v) is 6.08. The molecule has 0 aliphatic heterocycles. The number of hydrogen-bond donors (Lipinski definition) is 2. The van der Waals surface area contributed by atoms with Gasteiger partial charge >= 0.3 is 12.1 Å². The predicted octanol–water partition coefficient (Wildman–Crippen LogP) is 3.04. The summed E-state index contributed by atoms with van der Waals surface area (Å²) in [7, 11) is 0. The van der Waals surface area contributed by atoms with E-state index in [0.29, 0.717) is 10.2 Å². The van der Waals surface area contributed by atoms with Gasteiger partial charge in [-0.15, -0.1) is 5.10 Å². The molecule has 8 nitrogen and oxygen atoms in total. The molecule has 3 aromatic rings. The molecule has 0 spiro atoms. The van der Waals surface area contributed by atoms with Crippen molar-refractivity contribution < 1.29 is 31.9 Å². The van der Waals surface area contributed by atoms with Gasteiger partial charge in [-0.3, -0.25) is 10.1 Å². The van der Waals surface area contributed by atoms with Gasteiger partial charge in [0, 0.05) is 12.4 Å². The van der Waals surface area contributed by atoms with Crippen molar-refractivity contribution >= 4 is 11.9 Å². The summed E-state index contributed by atoms with van der Waals surface area (Å²) in [4.78, 5) is 23.3. The Morgan fingerprint density at radius 1 is 1.13 bits per heavy atom. The molecule has 0 radical (unpaired) electrons. The standard InChI is InChI=1S/C17H13F5N6O2/c1-9-4-2-5-10(12(9)29)13(30)25-15-26-14(16(18,19)17(20,21)22)27-28(15)8-11-23-6-3-7-24-11/h2-7,29H,8H2,1H3,(H,25,26,27,30). The van der Waals surface area contributed by atoms with Gasteiger partial charge in [-0.25, -0.2) is 14.6 Å². The normalized spacial score (nSPS) is 12.1. The highest BCUT2D eigenvalue weighted by atomic mass is 19.4. The summed E-state index contributed by atoms with van der Waals surface area (Å²) >= 11 is 0. The zero-order chi connectivity index (χ0) is 22.1. The summed E-state index contributed by atoms with van der Waals surface area (Å²) in [6, 6.07) is 5.68. The molecule has 0 unspecified atom stereocenters. The molecule has 2 aromatic heterocycles. The number of anilines is 1. The Morgan fingerprint density at radius 3 is 2.43 bits per heavy atom. The van der Waals surface area contributed by atoms with Gasteiger partial charge in [0.25, 0.3) is 5.91 Å². The van der Waals surface area contributed by atoms with Crippen molar-refractivity contribution in [3.8, 4) is 5.75 Å². The fourth-order valence-electron chi connectivity index (χ4n) is 2.36. The molecule has 0 bridgehead atoms. The molecule has 2 N–H and O–H groups in total. The molecule has 158 valence electrons. The third-order valence-corrected chi connectivity index (χ3v) is 3.93. The largest absolute Gasteiger partial charge is 0.507 e. The molecule has 0 fully saturated rings. The summed E-state index contributed by atoms with van der Waals surface area (Å²) < 4.78 is 66.2. The van der Waals surface area contributed by atoms with Crippen LogP contribution in [-0.4, -0.2) is 41.9 Å². The molecular formula is C17H13F5N6O2. The number of aromatic nitrogens is 5. The first-order valence-electron chi connectivity index (χ1n) is 8.26. The van der Waals surface area contributed by atoms with E-state index in [2.05, 4.69) is 25.4 Å². The number of benzene rings is 1. The van der Waals surface area contributed by atoms with Crippen LogP contribution < -0.4 is 5.32 Å². The van der Waals surface area contributed by atoms with E-state index in [0.717, 1.165) is 0 Å². The number of halogens is 5. The van der Waals surface area contributed by atoms with Gasteiger partial charge in [-0.1, -0.05) is 12.1 Å². The SMILES string of the molecule is Cc1cccc(C(=O)Nc2nc(C(F)(F)C(F)(F)F)nn2Cc2ncccn2)c1O. The third kappa shape index (κ3) is 4.04. The number of amides is 1. The van der Waals surface area contributed by atoms with Crippen molar-refractivity contribution in [2.75, 3.05) is 5.32 Å². The number of carbonyl (C=O) groups is 1. The molecule has 0 atom stereocenters. The molecule has 0 aliphatic carbocycles. The van der Waals surface area contributed by atoms with Crippen LogP contribution in [0.4, 0.5) is 27.9 Å². The molecular weight excluding hydrogens is 415 g/mol. The van der Waals surface area contributed by atoms with Crippen molar-refractivity contribution in [2.24, 2.45) is 0 Å². The van der Waals surface area contributed by atoms with Crippen molar-refractivity contribution in [2.45, 2.75) is 25.6 Å². The third-order valence-electron chi connectivity index (χ3n) is 3.93. The lowest BCUT2D eigenvalue weighted by atomic mass is 10.1. The number of para-hydroxylation sites is 1. The van der Waals surface area contributed by atoms with E-state index in [1.807, 2.05) is 0 Å². The minimum atomic E-state index is -5.95. The van der Waals surface area contributed by atoms with Crippen LogP contribution in [0.5, 0.6) is 5.75 Å². The number of aromatic hydroxyl groups is 1. The maximum absolute atomic E-state index is 13.7. The Labute approximate surface area is 165 Å². The number of rotatable bonds is 5. The molecule has 0 aliphatic rings. The minimum absolute atomic E-state index is 0.0261. The van der Waals surface area contributed by atoms with Crippen molar-refractivity contribution in [3.63, 3.8) is 0 Å². The summed E-state index contributed by atoms with van der Waals surface area (Å²) in [5.41, 5.74) is 0.121. The lowest BCUT2D eigenvalue weighted by Gasteiger charge is -2.15. The molecule has 2 heterocycles. The fourth-order valence-corrected chi connectivity index (χ4v) is 2.36. The number of nitrogens with one attached hydrogen (secondary N) is 1. The lowest BCUT2D eigenvalue weighted by molar-refractivity contribution is -0.292. The molecule has 0 saturated heterocycles. The van der Waals surface area contributed by atoms with E-state index in [-0.39, 0.29) is 17.1 Å². The molecule has 3 rings (SSSR count). The highest BCUT2D eigenvalue weighted by molar-refractivity contribution is 6.05. The summed E-state index contributed by atoms with van der Waals surface area (Å²) in [5.74, 6) is -9.25. The van der Waals surface area contributed by atoms with Crippen LogP contribution in [0.25, 0.3) is 0 Å². The van der Waals surface area contributed by atoms with E-state index in [1.54, 1.807) is 0 Å². The second-order valence-electron chi connectivity index (χ2n) is 6.08. The number of aryl methyl sites for hydroxylation is 1. The number of phenolic OH excluding ortho intramolecular Hbond substituents is 1. The molecule has 13 heteroatoms. The van der Waals surface area contributed by atoms with Crippen molar-refractivity contribution in [3.05, 3.63) is 59.4 Å². The quantitative estimate of drug-likeness (QED) is 0.606. The van der Waals surface area contributed by atoms with E-state index in [4.69, 9.17) is 0 Å². The van der Waals surface area contributed by atoms with Gasteiger partial charge < -0.3 is 5.11 Å².